The first-order chi connectivity index (χ1) is 18.5. The number of ketones is 1. The van der Waals surface area contributed by atoms with E-state index in [9.17, 15) is 19.1 Å². The summed E-state index contributed by atoms with van der Waals surface area (Å²) in [6.45, 7) is 6.46. The molecule has 1 aliphatic rings. The van der Waals surface area contributed by atoms with Crippen molar-refractivity contribution in [1.29, 1.82) is 0 Å². The van der Waals surface area contributed by atoms with Crippen molar-refractivity contribution in [3.63, 3.8) is 0 Å². The van der Waals surface area contributed by atoms with Crippen molar-refractivity contribution in [3.8, 4) is 11.5 Å². The van der Waals surface area contributed by atoms with Crippen LogP contribution in [0.2, 0.25) is 5.02 Å². The largest absolute Gasteiger partial charge is 0.507 e. The molecule has 6 nitrogen and oxygen atoms in total. The van der Waals surface area contributed by atoms with E-state index < -0.39 is 23.5 Å². The van der Waals surface area contributed by atoms with Gasteiger partial charge in [0.2, 0.25) is 0 Å². The summed E-state index contributed by atoms with van der Waals surface area (Å²) < 4.78 is 24.2. The minimum absolute atomic E-state index is 0.0645. The van der Waals surface area contributed by atoms with E-state index in [0.717, 1.165) is 11.1 Å². The number of carbonyl (C=O) groups is 2. The molecule has 3 aromatic rings. The normalized spacial score (nSPS) is 17.0. The molecular formula is C31H31ClFNO5. The fourth-order valence-electron chi connectivity index (χ4n) is 4.71. The van der Waals surface area contributed by atoms with Gasteiger partial charge in [-0.25, -0.2) is 4.39 Å². The quantitative estimate of drug-likeness (QED) is 0.207. The summed E-state index contributed by atoms with van der Waals surface area (Å²) in [7, 11) is 2.85. The van der Waals surface area contributed by atoms with Crippen LogP contribution in [0, 0.1) is 5.82 Å². The average molecular weight is 552 g/mol. The molecule has 3 aromatic carbocycles. The van der Waals surface area contributed by atoms with Gasteiger partial charge >= 0.3 is 0 Å². The van der Waals surface area contributed by atoms with Gasteiger partial charge in [-0.05, 0) is 46.7 Å². The third kappa shape index (κ3) is 5.64. The van der Waals surface area contributed by atoms with E-state index in [4.69, 9.17) is 21.1 Å². The third-order valence-electron chi connectivity index (χ3n) is 6.92. The van der Waals surface area contributed by atoms with Crippen LogP contribution >= 0.6 is 11.6 Å². The molecule has 1 atom stereocenters. The van der Waals surface area contributed by atoms with Gasteiger partial charge in [0.1, 0.15) is 23.1 Å². The van der Waals surface area contributed by atoms with Crippen LogP contribution in [0.15, 0.2) is 66.2 Å². The Morgan fingerprint density at radius 2 is 1.59 bits per heavy atom. The lowest BCUT2D eigenvalue weighted by Crippen LogP contribution is -2.31. The van der Waals surface area contributed by atoms with Gasteiger partial charge < -0.3 is 19.5 Å². The highest BCUT2D eigenvalue weighted by Gasteiger charge is 2.46. The molecule has 0 radical (unpaired) electrons. The van der Waals surface area contributed by atoms with E-state index in [1.165, 1.54) is 43.4 Å². The number of hydrogen-bond donors (Lipinski definition) is 1. The Balaban J connectivity index is 1.85. The zero-order valence-corrected chi connectivity index (χ0v) is 23.3. The van der Waals surface area contributed by atoms with Crippen LogP contribution in [0.3, 0.4) is 0 Å². The Bertz CT molecular complexity index is 1430. The fourth-order valence-corrected chi connectivity index (χ4v) is 4.94. The number of nitrogens with zero attached hydrogens (tertiary/aromatic N) is 1. The number of aliphatic hydroxyl groups excluding tert-OH is 1. The molecule has 0 saturated carbocycles. The molecule has 1 heterocycles. The second-order valence-electron chi connectivity index (χ2n) is 10.4. The molecule has 1 aliphatic heterocycles. The van der Waals surface area contributed by atoms with E-state index in [1.54, 1.807) is 12.1 Å². The molecule has 1 fully saturated rings. The number of benzene rings is 3. The monoisotopic (exact) mass is 551 g/mol. The molecule has 0 aromatic heterocycles. The molecule has 4 rings (SSSR count). The zero-order chi connectivity index (χ0) is 28.5. The Kier molecular flexibility index (Phi) is 8.02. The number of ether oxygens (including phenoxy) is 2. The van der Waals surface area contributed by atoms with E-state index in [0.29, 0.717) is 12.0 Å². The maximum absolute atomic E-state index is 13.5. The van der Waals surface area contributed by atoms with Crippen molar-refractivity contribution in [1.82, 2.24) is 4.90 Å². The summed E-state index contributed by atoms with van der Waals surface area (Å²) in [5.41, 5.74) is 2.57. The van der Waals surface area contributed by atoms with Crippen LogP contribution in [-0.2, 0) is 21.4 Å². The summed E-state index contributed by atoms with van der Waals surface area (Å²) in [4.78, 5) is 28.3. The molecule has 204 valence electrons. The van der Waals surface area contributed by atoms with Gasteiger partial charge in [0.05, 0.1) is 36.4 Å². The first kappa shape index (κ1) is 28.2. The Hall–Kier alpha value is -3.84. The molecule has 1 unspecified atom stereocenters. The Morgan fingerprint density at radius 3 is 2.15 bits per heavy atom. The summed E-state index contributed by atoms with van der Waals surface area (Å²) >= 11 is 6.25. The van der Waals surface area contributed by atoms with E-state index in [2.05, 4.69) is 20.8 Å². The van der Waals surface area contributed by atoms with Crippen LogP contribution in [0.1, 0.15) is 49.1 Å². The summed E-state index contributed by atoms with van der Waals surface area (Å²) in [5, 5.41) is 11.8. The van der Waals surface area contributed by atoms with Crippen LogP contribution in [-0.4, -0.2) is 42.5 Å². The first-order valence-corrected chi connectivity index (χ1v) is 12.9. The third-order valence-corrected chi connectivity index (χ3v) is 7.21. The predicted molar refractivity (Wildman–Crippen MR) is 149 cm³/mol. The van der Waals surface area contributed by atoms with Gasteiger partial charge in [0.15, 0.2) is 0 Å². The van der Waals surface area contributed by atoms with Crippen molar-refractivity contribution in [2.75, 3.05) is 20.8 Å². The molecule has 0 aliphatic carbocycles. The lowest BCUT2D eigenvalue weighted by Gasteiger charge is -2.27. The minimum Gasteiger partial charge on any atom is -0.507 e. The number of amides is 1. The number of likely N-dealkylation sites (tertiary alicyclic amines) is 1. The molecule has 1 N–H and O–H groups in total. The predicted octanol–water partition coefficient (Wildman–Crippen LogP) is 6.46. The number of halogens is 2. The molecular weight excluding hydrogens is 521 g/mol. The van der Waals surface area contributed by atoms with Crippen LogP contribution in [0.5, 0.6) is 11.5 Å². The molecule has 0 spiro atoms. The highest BCUT2D eigenvalue weighted by atomic mass is 35.5. The number of carbonyl (C=O) groups excluding carboxylic acids is 2. The standard InChI is InChI=1S/C31H31ClFNO5/c1-31(2,3)20-10-8-19(9-11-20)27-26(28(35)22-16-25(39-5)23(32)17-24(22)38-4)29(36)30(37)34(27)15-14-18-6-12-21(33)13-7-18/h6-13,16-17,27,35H,14-15H2,1-5H3/b28-26+. The van der Waals surface area contributed by atoms with Gasteiger partial charge in [-0.2, -0.15) is 0 Å². The zero-order valence-electron chi connectivity index (χ0n) is 22.5. The lowest BCUT2D eigenvalue weighted by atomic mass is 9.85. The molecule has 0 bridgehead atoms. The maximum atomic E-state index is 13.5. The summed E-state index contributed by atoms with van der Waals surface area (Å²) in [6.07, 6.45) is 0.391. The number of aliphatic hydroxyl groups is 1. The van der Waals surface area contributed by atoms with Crippen molar-refractivity contribution in [2.45, 2.75) is 38.6 Å². The maximum Gasteiger partial charge on any atom is 0.295 e. The fraction of sp³-hybridized carbons (Fsp3) is 0.290. The number of hydrogen-bond acceptors (Lipinski definition) is 5. The van der Waals surface area contributed by atoms with Crippen molar-refractivity contribution >= 4 is 29.1 Å². The van der Waals surface area contributed by atoms with Gasteiger partial charge in [-0.3, -0.25) is 9.59 Å². The van der Waals surface area contributed by atoms with Gasteiger partial charge in [-0.1, -0.05) is 68.8 Å². The van der Waals surface area contributed by atoms with Crippen LogP contribution in [0.25, 0.3) is 5.76 Å². The molecule has 39 heavy (non-hydrogen) atoms. The van der Waals surface area contributed by atoms with Crippen LogP contribution < -0.4 is 9.47 Å². The van der Waals surface area contributed by atoms with Gasteiger partial charge in [0, 0.05) is 12.6 Å². The minimum atomic E-state index is -0.856. The number of methoxy groups -OCH3 is 2. The summed E-state index contributed by atoms with van der Waals surface area (Å²) in [6, 6.07) is 15.7. The molecule has 1 saturated heterocycles. The highest BCUT2D eigenvalue weighted by Crippen LogP contribution is 2.43. The highest BCUT2D eigenvalue weighted by molar-refractivity contribution is 6.46. The second kappa shape index (κ2) is 11.1. The SMILES string of the molecule is COc1cc(/C(O)=C2\C(=O)C(=O)N(CCc3ccc(F)cc3)C2c2ccc(C(C)(C)C)cc2)c(OC)cc1Cl. The Labute approximate surface area is 232 Å². The molecule has 8 heteroatoms. The van der Waals surface area contributed by atoms with Crippen LogP contribution in [0.4, 0.5) is 4.39 Å². The van der Waals surface area contributed by atoms with E-state index >= 15 is 0 Å². The molecule has 1 amide bonds. The average Bonchev–Trinajstić information content (AvgIpc) is 3.16. The second-order valence-corrected chi connectivity index (χ2v) is 10.8. The van der Waals surface area contributed by atoms with E-state index in [1.807, 2.05) is 24.3 Å². The lowest BCUT2D eigenvalue weighted by molar-refractivity contribution is -0.139. The van der Waals surface area contributed by atoms with Gasteiger partial charge in [0.25, 0.3) is 11.7 Å². The topological polar surface area (TPSA) is 76.1 Å². The first-order valence-electron chi connectivity index (χ1n) is 12.5. The number of rotatable bonds is 7. The van der Waals surface area contributed by atoms with Crippen molar-refractivity contribution in [2.24, 2.45) is 0 Å². The van der Waals surface area contributed by atoms with Gasteiger partial charge in [-0.15, -0.1) is 0 Å². The van der Waals surface area contributed by atoms with Crippen molar-refractivity contribution < 1.29 is 28.6 Å². The Morgan fingerprint density at radius 1 is 0.974 bits per heavy atom. The number of Topliss-reactive ketones (excluding diaryl/α,β-unsaturated/α-hetero) is 1. The van der Waals surface area contributed by atoms with E-state index in [-0.39, 0.29) is 45.4 Å². The summed E-state index contributed by atoms with van der Waals surface area (Å²) in [5.74, 6) is -1.80. The smallest absolute Gasteiger partial charge is 0.295 e. The van der Waals surface area contributed by atoms with Crippen molar-refractivity contribution in [3.05, 3.63) is 99.3 Å².